The molecule has 0 bridgehead atoms. The van der Waals surface area contributed by atoms with E-state index in [1.165, 1.54) is 13.1 Å². The van der Waals surface area contributed by atoms with Gasteiger partial charge in [0.05, 0.1) is 6.54 Å². The Bertz CT molecular complexity index is 772. The fourth-order valence-electron chi connectivity index (χ4n) is 1.82. The van der Waals surface area contributed by atoms with Crippen molar-refractivity contribution >= 4 is 27.3 Å². The largest absolute Gasteiger partial charge is 0.477 e. The van der Waals surface area contributed by atoms with Crippen molar-refractivity contribution in [3.05, 3.63) is 40.2 Å². The molecule has 2 aromatic heterocycles. The molecule has 0 aromatic carbocycles. The average Bonchev–Trinajstić information content (AvgIpc) is 2.95. The zero-order valence-corrected chi connectivity index (χ0v) is 13.4. The van der Waals surface area contributed by atoms with Crippen molar-refractivity contribution in [2.45, 2.75) is 24.6 Å². The number of nitrogens with zero attached hydrogens (tertiary/aromatic N) is 1. The van der Waals surface area contributed by atoms with E-state index in [9.17, 15) is 13.2 Å². The highest BCUT2D eigenvalue weighted by Crippen LogP contribution is 2.28. The molecule has 0 saturated heterocycles. The van der Waals surface area contributed by atoms with E-state index in [0.29, 0.717) is 17.1 Å². The van der Waals surface area contributed by atoms with Crippen LogP contribution in [-0.4, -0.2) is 30.8 Å². The predicted molar refractivity (Wildman–Crippen MR) is 78.1 cm³/mol. The molecular weight excluding hydrogens is 314 g/mol. The van der Waals surface area contributed by atoms with Gasteiger partial charge in [0.15, 0.2) is 0 Å². The molecule has 0 unspecified atom stereocenters. The minimum absolute atomic E-state index is 0.0168. The second-order valence-electron chi connectivity index (χ2n) is 4.66. The second-order valence-corrected chi connectivity index (χ2v) is 7.98. The van der Waals surface area contributed by atoms with Crippen LogP contribution in [0.25, 0.3) is 0 Å². The predicted octanol–water partition coefficient (Wildman–Crippen LogP) is 2.48. The molecule has 0 aliphatic rings. The third-order valence-corrected chi connectivity index (χ3v) is 6.41. The molecule has 2 heterocycles. The fraction of sp³-hybridized carbons (Fsp3) is 0.308. The van der Waals surface area contributed by atoms with Gasteiger partial charge in [-0.05, 0) is 37.6 Å². The molecule has 8 heteroatoms. The Kier molecular flexibility index (Phi) is 4.22. The molecule has 0 fully saturated rings. The monoisotopic (exact) mass is 329 g/mol. The Hall–Kier alpha value is -1.64. The third kappa shape index (κ3) is 3.17. The van der Waals surface area contributed by atoms with E-state index >= 15 is 0 Å². The molecular formula is C13H15NO5S2. The Morgan fingerprint density at radius 3 is 2.52 bits per heavy atom. The van der Waals surface area contributed by atoms with Crippen LogP contribution in [0.2, 0.25) is 0 Å². The first-order chi connectivity index (χ1) is 9.71. The first-order valence-electron chi connectivity index (χ1n) is 6.07. The molecule has 21 heavy (non-hydrogen) atoms. The van der Waals surface area contributed by atoms with Crippen LogP contribution >= 0.6 is 11.3 Å². The van der Waals surface area contributed by atoms with Crippen molar-refractivity contribution in [2.75, 3.05) is 7.05 Å². The lowest BCUT2D eigenvalue weighted by atomic mass is 10.3. The Balaban J connectivity index is 2.28. The molecule has 0 amide bonds. The molecule has 1 N–H and O–H groups in total. The number of rotatable bonds is 5. The Morgan fingerprint density at radius 2 is 2.05 bits per heavy atom. The lowest BCUT2D eigenvalue weighted by Gasteiger charge is -2.14. The Labute approximate surface area is 126 Å². The summed E-state index contributed by atoms with van der Waals surface area (Å²) in [6, 6.07) is 4.85. The molecule has 0 saturated carbocycles. The van der Waals surface area contributed by atoms with Gasteiger partial charge in [-0.25, -0.2) is 13.2 Å². The maximum atomic E-state index is 12.4. The topological polar surface area (TPSA) is 87.8 Å². The summed E-state index contributed by atoms with van der Waals surface area (Å²) in [5, 5.41) is 9.01. The summed E-state index contributed by atoms with van der Waals surface area (Å²) in [4.78, 5) is 11.1. The molecule has 0 aliphatic heterocycles. The van der Waals surface area contributed by atoms with Crippen LogP contribution in [0.1, 0.15) is 26.8 Å². The van der Waals surface area contributed by atoms with Gasteiger partial charge in [-0.3, -0.25) is 0 Å². The van der Waals surface area contributed by atoms with Gasteiger partial charge in [0, 0.05) is 7.05 Å². The van der Waals surface area contributed by atoms with Crippen molar-refractivity contribution in [1.29, 1.82) is 0 Å². The SMILES string of the molecule is Cc1ccc(CN(C)S(=O)(=O)c2cc(C)c(C(=O)O)s2)o1. The van der Waals surface area contributed by atoms with Crippen molar-refractivity contribution < 1.29 is 22.7 Å². The first-order valence-corrected chi connectivity index (χ1v) is 8.33. The van der Waals surface area contributed by atoms with Gasteiger partial charge in [0.1, 0.15) is 20.6 Å². The molecule has 0 radical (unpaired) electrons. The van der Waals surface area contributed by atoms with Gasteiger partial charge in [-0.15, -0.1) is 11.3 Å². The minimum atomic E-state index is -3.73. The normalized spacial score (nSPS) is 12.0. The van der Waals surface area contributed by atoms with Crippen molar-refractivity contribution in [1.82, 2.24) is 4.31 Å². The summed E-state index contributed by atoms with van der Waals surface area (Å²) in [5.74, 6) is 0.115. The van der Waals surface area contributed by atoms with Gasteiger partial charge in [0.2, 0.25) is 0 Å². The zero-order chi connectivity index (χ0) is 15.8. The molecule has 2 aromatic rings. The molecule has 0 aliphatic carbocycles. The van der Waals surface area contributed by atoms with Crippen LogP contribution in [0.5, 0.6) is 0 Å². The molecule has 114 valence electrons. The van der Waals surface area contributed by atoms with Crippen LogP contribution in [0.3, 0.4) is 0 Å². The molecule has 0 atom stereocenters. The van der Waals surface area contributed by atoms with Gasteiger partial charge in [-0.2, -0.15) is 4.31 Å². The maximum Gasteiger partial charge on any atom is 0.346 e. The summed E-state index contributed by atoms with van der Waals surface area (Å²) in [5.41, 5.74) is 0.438. The summed E-state index contributed by atoms with van der Waals surface area (Å²) in [6.07, 6.45) is 0. The average molecular weight is 329 g/mol. The number of sulfonamides is 1. The van der Waals surface area contributed by atoms with Crippen LogP contribution in [0.4, 0.5) is 0 Å². The maximum absolute atomic E-state index is 12.4. The van der Waals surface area contributed by atoms with E-state index in [1.807, 2.05) is 0 Å². The van der Waals surface area contributed by atoms with Gasteiger partial charge in [-0.1, -0.05) is 0 Å². The highest BCUT2D eigenvalue weighted by Gasteiger charge is 2.26. The number of carboxylic acid groups (broad SMARTS) is 1. The van der Waals surface area contributed by atoms with E-state index in [-0.39, 0.29) is 15.6 Å². The van der Waals surface area contributed by atoms with Crippen LogP contribution in [0, 0.1) is 13.8 Å². The zero-order valence-electron chi connectivity index (χ0n) is 11.8. The van der Waals surface area contributed by atoms with Crippen LogP contribution < -0.4 is 0 Å². The summed E-state index contributed by atoms with van der Waals surface area (Å²) in [7, 11) is -2.30. The lowest BCUT2D eigenvalue weighted by Crippen LogP contribution is -2.25. The number of hydrogen-bond acceptors (Lipinski definition) is 5. The van der Waals surface area contributed by atoms with E-state index in [0.717, 1.165) is 15.6 Å². The molecule has 0 spiro atoms. The van der Waals surface area contributed by atoms with Crippen molar-refractivity contribution in [2.24, 2.45) is 0 Å². The number of aryl methyl sites for hydroxylation is 2. The number of carbonyl (C=O) groups is 1. The van der Waals surface area contributed by atoms with E-state index < -0.39 is 16.0 Å². The van der Waals surface area contributed by atoms with Gasteiger partial charge < -0.3 is 9.52 Å². The lowest BCUT2D eigenvalue weighted by molar-refractivity contribution is 0.0701. The van der Waals surface area contributed by atoms with Gasteiger partial charge in [0.25, 0.3) is 10.0 Å². The number of hydrogen-bond donors (Lipinski definition) is 1. The Morgan fingerprint density at radius 1 is 1.38 bits per heavy atom. The van der Waals surface area contributed by atoms with Crippen LogP contribution in [-0.2, 0) is 16.6 Å². The van der Waals surface area contributed by atoms with E-state index in [4.69, 9.17) is 9.52 Å². The van der Waals surface area contributed by atoms with Crippen molar-refractivity contribution in [3.63, 3.8) is 0 Å². The van der Waals surface area contributed by atoms with E-state index in [2.05, 4.69) is 0 Å². The number of carboxylic acids is 1. The number of furan rings is 1. The highest BCUT2D eigenvalue weighted by molar-refractivity contribution is 7.91. The van der Waals surface area contributed by atoms with Crippen molar-refractivity contribution in [3.8, 4) is 0 Å². The summed E-state index contributed by atoms with van der Waals surface area (Å²) in [6.45, 7) is 3.45. The quantitative estimate of drug-likeness (QED) is 0.910. The standard InChI is InChI=1S/C13H15NO5S2/c1-8-6-11(20-12(8)13(15)16)21(17,18)14(3)7-10-5-4-9(2)19-10/h4-6H,7H2,1-3H3,(H,15,16). The minimum Gasteiger partial charge on any atom is -0.477 e. The van der Waals surface area contributed by atoms with E-state index in [1.54, 1.807) is 26.0 Å². The first kappa shape index (κ1) is 15.7. The van der Waals surface area contributed by atoms with Crippen LogP contribution in [0.15, 0.2) is 26.8 Å². The smallest absolute Gasteiger partial charge is 0.346 e. The second kappa shape index (κ2) is 5.63. The highest BCUT2D eigenvalue weighted by atomic mass is 32.2. The molecule has 2 rings (SSSR count). The third-order valence-electron chi connectivity index (χ3n) is 2.93. The fourth-order valence-corrected chi connectivity index (χ4v) is 4.55. The number of aromatic carboxylic acids is 1. The number of thiophene rings is 1. The molecule has 6 nitrogen and oxygen atoms in total. The summed E-state index contributed by atoms with van der Waals surface area (Å²) >= 11 is 0.759. The summed E-state index contributed by atoms with van der Waals surface area (Å²) < 4.78 is 31.4. The van der Waals surface area contributed by atoms with Gasteiger partial charge >= 0.3 is 5.97 Å².